The lowest BCUT2D eigenvalue weighted by Gasteiger charge is -2.14. The lowest BCUT2D eigenvalue weighted by Crippen LogP contribution is -2.27. The standard InChI is InChI=1S/C11H12N2O2/c1-8-9(4-3-5-10(8)14)11(15)13(2)7-6-12/h3-5,14H,7H2,1-2H3. The Kier molecular flexibility index (Phi) is 3.29. The van der Waals surface area contributed by atoms with Gasteiger partial charge >= 0.3 is 0 Å². The van der Waals surface area contributed by atoms with Crippen LogP contribution in [0.2, 0.25) is 0 Å². The minimum absolute atomic E-state index is 0.0356. The van der Waals surface area contributed by atoms with Crippen molar-refractivity contribution in [3.05, 3.63) is 29.3 Å². The molecule has 0 fully saturated rings. The van der Waals surface area contributed by atoms with Crippen LogP contribution in [-0.2, 0) is 0 Å². The van der Waals surface area contributed by atoms with Crippen LogP contribution in [0.5, 0.6) is 5.75 Å². The number of phenols is 1. The Morgan fingerprint density at radius 2 is 2.27 bits per heavy atom. The van der Waals surface area contributed by atoms with Crippen molar-refractivity contribution < 1.29 is 9.90 Å². The molecular weight excluding hydrogens is 192 g/mol. The van der Waals surface area contributed by atoms with E-state index in [1.54, 1.807) is 26.1 Å². The molecular formula is C11H12N2O2. The van der Waals surface area contributed by atoms with Crippen LogP contribution in [-0.4, -0.2) is 29.5 Å². The Hall–Kier alpha value is -2.02. The van der Waals surface area contributed by atoms with E-state index in [0.29, 0.717) is 11.1 Å². The lowest BCUT2D eigenvalue weighted by molar-refractivity contribution is 0.0811. The van der Waals surface area contributed by atoms with Crippen molar-refractivity contribution >= 4 is 5.91 Å². The number of hydrogen-bond donors (Lipinski definition) is 1. The van der Waals surface area contributed by atoms with Gasteiger partial charge in [0.25, 0.3) is 5.91 Å². The van der Waals surface area contributed by atoms with Gasteiger partial charge in [-0.3, -0.25) is 4.79 Å². The predicted molar refractivity (Wildman–Crippen MR) is 55.4 cm³/mol. The maximum Gasteiger partial charge on any atom is 0.254 e. The van der Waals surface area contributed by atoms with E-state index in [-0.39, 0.29) is 18.2 Å². The molecule has 0 spiro atoms. The number of hydrogen-bond acceptors (Lipinski definition) is 3. The molecule has 4 heteroatoms. The highest BCUT2D eigenvalue weighted by Gasteiger charge is 2.14. The summed E-state index contributed by atoms with van der Waals surface area (Å²) in [4.78, 5) is 13.1. The maximum atomic E-state index is 11.8. The van der Waals surface area contributed by atoms with Crippen molar-refractivity contribution in [2.45, 2.75) is 6.92 Å². The number of carbonyl (C=O) groups is 1. The number of benzene rings is 1. The number of nitrogens with zero attached hydrogens (tertiary/aromatic N) is 2. The minimum atomic E-state index is -0.259. The number of rotatable bonds is 2. The fraction of sp³-hybridized carbons (Fsp3) is 0.273. The van der Waals surface area contributed by atoms with Gasteiger partial charge in [-0.1, -0.05) is 6.07 Å². The second kappa shape index (κ2) is 4.47. The van der Waals surface area contributed by atoms with Crippen LogP contribution in [0.3, 0.4) is 0 Å². The third kappa shape index (κ3) is 2.26. The van der Waals surface area contributed by atoms with E-state index in [1.807, 2.05) is 6.07 Å². The van der Waals surface area contributed by atoms with Crippen molar-refractivity contribution in [3.8, 4) is 11.8 Å². The van der Waals surface area contributed by atoms with Crippen LogP contribution in [0.4, 0.5) is 0 Å². The van der Waals surface area contributed by atoms with Crippen molar-refractivity contribution in [3.63, 3.8) is 0 Å². The van der Waals surface area contributed by atoms with Crippen LogP contribution in [0.1, 0.15) is 15.9 Å². The van der Waals surface area contributed by atoms with E-state index in [4.69, 9.17) is 5.26 Å². The Morgan fingerprint density at radius 3 is 2.87 bits per heavy atom. The fourth-order valence-corrected chi connectivity index (χ4v) is 1.24. The van der Waals surface area contributed by atoms with Gasteiger partial charge in [0.1, 0.15) is 12.3 Å². The smallest absolute Gasteiger partial charge is 0.254 e. The van der Waals surface area contributed by atoms with Gasteiger partial charge in [-0.2, -0.15) is 5.26 Å². The number of carbonyl (C=O) groups excluding carboxylic acids is 1. The average Bonchev–Trinajstić information content (AvgIpc) is 2.21. The molecule has 15 heavy (non-hydrogen) atoms. The largest absolute Gasteiger partial charge is 0.508 e. The average molecular weight is 204 g/mol. The SMILES string of the molecule is Cc1c(O)cccc1C(=O)N(C)CC#N. The normalized spacial score (nSPS) is 9.40. The summed E-state index contributed by atoms with van der Waals surface area (Å²) in [5.41, 5.74) is 0.958. The Labute approximate surface area is 88.4 Å². The molecule has 0 aliphatic heterocycles. The van der Waals surface area contributed by atoms with Gasteiger partial charge in [-0.25, -0.2) is 0 Å². The van der Waals surface area contributed by atoms with E-state index in [9.17, 15) is 9.90 Å². The number of phenolic OH excluding ortho intramolecular Hbond substituents is 1. The summed E-state index contributed by atoms with van der Waals surface area (Å²) in [6, 6.07) is 6.66. The molecule has 0 saturated heterocycles. The quantitative estimate of drug-likeness (QED) is 0.738. The van der Waals surface area contributed by atoms with Gasteiger partial charge in [-0.15, -0.1) is 0 Å². The zero-order chi connectivity index (χ0) is 11.4. The zero-order valence-corrected chi connectivity index (χ0v) is 8.69. The molecule has 78 valence electrons. The van der Waals surface area contributed by atoms with Crippen LogP contribution < -0.4 is 0 Å². The molecule has 0 bridgehead atoms. The molecule has 0 saturated carbocycles. The summed E-state index contributed by atoms with van der Waals surface area (Å²) in [6.07, 6.45) is 0. The van der Waals surface area contributed by atoms with Crippen molar-refractivity contribution in [1.29, 1.82) is 5.26 Å². The van der Waals surface area contributed by atoms with Crippen LogP contribution in [0.15, 0.2) is 18.2 Å². The molecule has 1 aromatic rings. The molecule has 0 heterocycles. The molecule has 0 radical (unpaired) electrons. The van der Waals surface area contributed by atoms with Crippen LogP contribution in [0, 0.1) is 18.3 Å². The molecule has 1 rings (SSSR count). The second-order valence-corrected chi connectivity index (χ2v) is 3.27. The number of amides is 1. The van der Waals surface area contributed by atoms with E-state index in [2.05, 4.69) is 0 Å². The van der Waals surface area contributed by atoms with Crippen LogP contribution >= 0.6 is 0 Å². The molecule has 1 N–H and O–H groups in total. The number of aromatic hydroxyl groups is 1. The van der Waals surface area contributed by atoms with Gasteiger partial charge < -0.3 is 10.0 Å². The number of nitriles is 1. The van der Waals surface area contributed by atoms with E-state index >= 15 is 0 Å². The molecule has 0 atom stereocenters. The van der Waals surface area contributed by atoms with Gasteiger partial charge in [0, 0.05) is 18.2 Å². The topological polar surface area (TPSA) is 64.3 Å². The third-order valence-corrected chi connectivity index (χ3v) is 2.19. The lowest BCUT2D eigenvalue weighted by atomic mass is 10.1. The molecule has 0 aliphatic rings. The molecule has 0 aliphatic carbocycles. The van der Waals surface area contributed by atoms with Crippen molar-refractivity contribution in [2.75, 3.05) is 13.6 Å². The zero-order valence-electron chi connectivity index (χ0n) is 8.69. The summed E-state index contributed by atoms with van der Waals surface area (Å²) in [5, 5.41) is 17.9. The van der Waals surface area contributed by atoms with Crippen LogP contribution in [0.25, 0.3) is 0 Å². The summed E-state index contributed by atoms with van der Waals surface area (Å²) < 4.78 is 0. The van der Waals surface area contributed by atoms with Gasteiger partial charge in [0.05, 0.1) is 6.07 Å². The Morgan fingerprint density at radius 1 is 1.60 bits per heavy atom. The summed E-state index contributed by atoms with van der Waals surface area (Å²) >= 11 is 0. The Balaban J connectivity index is 3.02. The highest BCUT2D eigenvalue weighted by atomic mass is 16.3. The highest BCUT2D eigenvalue weighted by Crippen LogP contribution is 2.20. The highest BCUT2D eigenvalue weighted by molar-refractivity contribution is 5.96. The van der Waals surface area contributed by atoms with Crippen molar-refractivity contribution in [2.24, 2.45) is 0 Å². The van der Waals surface area contributed by atoms with E-state index in [0.717, 1.165) is 0 Å². The second-order valence-electron chi connectivity index (χ2n) is 3.27. The van der Waals surface area contributed by atoms with Crippen molar-refractivity contribution in [1.82, 2.24) is 4.90 Å². The monoisotopic (exact) mass is 204 g/mol. The molecule has 1 amide bonds. The van der Waals surface area contributed by atoms with E-state index < -0.39 is 0 Å². The first-order valence-corrected chi connectivity index (χ1v) is 4.49. The summed E-state index contributed by atoms with van der Waals surface area (Å²) in [6.45, 7) is 1.71. The minimum Gasteiger partial charge on any atom is -0.508 e. The predicted octanol–water partition coefficient (Wildman–Crippen LogP) is 1.30. The summed E-state index contributed by atoms with van der Waals surface area (Å²) in [7, 11) is 1.55. The molecule has 1 aromatic carbocycles. The maximum absolute atomic E-state index is 11.8. The molecule has 0 unspecified atom stereocenters. The molecule has 0 aromatic heterocycles. The first-order valence-electron chi connectivity index (χ1n) is 4.49. The third-order valence-electron chi connectivity index (χ3n) is 2.19. The fourth-order valence-electron chi connectivity index (χ4n) is 1.24. The first kappa shape index (κ1) is 11.1. The first-order chi connectivity index (χ1) is 7.07. The van der Waals surface area contributed by atoms with Gasteiger partial charge in [0.15, 0.2) is 0 Å². The molecule has 4 nitrogen and oxygen atoms in total. The Bertz CT molecular complexity index is 421. The van der Waals surface area contributed by atoms with E-state index in [1.165, 1.54) is 11.0 Å². The summed E-state index contributed by atoms with van der Waals surface area (Å²) in [5.74, 6) is -0.170. The van der Waals surface area contributed by atoms with Gasteiger partial charge in [0.2, 0.25) is 0 Å². The van der Waals surface area contributed by atoms with Gasteiger partial charge in [-0.05, 0) is 19.1 Å².